The predicted octanol–water partition coefficient (Wildman–Crippen LogP) is 0.546. The van der Waals surface area contributed by atoms with Gasteiger partial charge in [-0.3, -0.25) is 4.79 Å². The Kier molecular flexibility index (Phi) is 5.55. The zero-order valence-corrected chi connectivity index (χ0v) is 16.2. The van der Waals surface area contributed by atoms with Crippen LogP contribution < -0.4 is 4.90 Å². The molecule has 1 fully saturated rings. The van der Waals surface area contributed by atoms with E-state index in [9.17, 15) is 4.79 Å². The number of aromatic nitrogens is 4. The molecule has 1 aliphatic rings. The number of tetrazole rings is 1. The zero-order chi connectivity index (χ0) is 18.0. The normalized spacial score (nSPS) is 20.4. The maximum absolute atomic E-state index is 11.8. The third kappa shape index (κ3) is 3.78. The first kappa shape index (κ1) is 18.1. The molecule has 1 aliphatic heterocycles. The molecule has 0 aliphatic carbocycles. The van der Waals surface area contributed by atoms with Crippen LogP contribution in [0.4, 0.5) is 0 Å². The van der Waals surface area contributed by atoms with E-state index in [2.05, 4.69) is 30.3 Å². The molecule has 0 amide bonds. The first-order valence-electron chi connectivity index (χ1n) is 8.13. The molecule has 0 bridgehead atoms. The topological polar surface area (TPSA) is 66.4 Å². The van der Waals surface area contributed by atoms with Crippen LogP contribution in [0.25, 0.3) is 5.69 Å². The fraction of sp³-hybridized carbons (Fsp3) is 0.500. The van der Waals surface area contributed by atoms with E-state index in [0.717, 1.165) is 23.5 Å². The first-order chi connectivity index (χ1) is 12.0. The summed E-state index contributed by atoms with van der Waals surface area (Å²) in [6, 6.07) is 6.05. The van der Waals surface area contributed by atoms with E-state index >= 15 is 0 Å². The minimum atomic E-state index is -0.162. The van der Waals surface area contributed by atoms with Crippen LogP contribution in [0.3, 0.4) is 0 Å². The van der Waals surface area contributed by atoms with Gasteiger partial charge in [0.2, 0.25) is 4.77 Å². The maximum Gasteiger partial charge on any atom is 0.324 e. The summed E-state index contributed by atoms with van der Waals surface area (Å²) in [7, 11) is 1.43. The molecule has 134 valence electrons. The van der Waals surface area contributed by atoms with Crippen molar-refractivity contribution in [1.82, 2.24) is 19.8 Å². The molecule has 0 saturated carbocycles. The maximum atomic E-state index is 11.8. The number of quaternary nitrogens is 1. The van der Waals surface area contributed by atoms with E-state index in [4.69, 9.17) is 17.0 Å². The summed E-state index contributed by atoms with van der Waals surface area (Å²) in [4.78, 5) is 13.0. The summed E-state index contributed by atoms with van der Waals surface area (Å²) in [6.07, 6.45) is 0. The summed E-state index contributed by atoms with van der Waals surface area (Å²) in [6.45, 7) is 6.37. The van der Waals surface area contributed by atoms with Crippen molar-refractivity contribution < 1.29 is 14.4 Å². The van der Waals surface area contributed by atoms with Gasteiger partial charge in [-0.15, -0.1) is 11.8 Å². The summed E-state index contributed by atoms with van der Waals surface area (Å²) < 4.78 is 8.86. The average Bonchev–Trinajstić information content (AvgIpc) is 2.97. The molecule has 9 heteroatoms. The lowest BCUT2D eigenvalue weighted by atomic mass is 10.1. The smallest absolute Gasteiger partial charge is 0.324 e. The van der Waals surface area contributed by atoms with E-state index in [0.29, 0.717) is 18.0 Å². The molecule has 1 saturated heterocycles. The van der Waals surface area contributed by atoms with Gasteiger partial charge in [0.1, 0.15) is 6.54 Å². The monoisotopic (exact) mass is 380 g/mol. The second kappa shape index (κ2) is 7.67. The lowest BCUT2D eigenvalue weighted by Crippen LogP contribution is -3.14. The Balaban J connectivity index is 1.79. The van der Waals surface area contributed by atoms with Gasteiger partial charge >= 0.3 is 5.97 Å². The fourth-order valence-electron chi connectivity index (χ4n) is 2.90. The number of thioether (sulfide) groups is 1. The minimum absolute atomic E-state index is 0.128. The fourth-order valence-corrected chi connectivity index (χ4v) is 4.41. The van der Waals surface area contributed by atoms with Gasteiger partial charge in [-0.2, -0.15) is 9.36 Å². The van der Waals surface area contributed by atoms with E-state index in [1.807, 2.05) is 12.1 Å². The minimum Gasteiger partial charge on any atom is -0.468 e. The number of hydrogen-bond donors (Lipinski definition) is 1. The molecule has 0 spiro atoms. The SMILES string of the molecule is COC(=O)[C@@H]1C[NH+](Cn2nnn(-c3cccc(C)c3C)c2=S)CCS1. The molecule has 1 aromatic heterocycles. The Labute approximate surface area is 155 Å². The second-order valence-corrected chi connectivity index (χ2v) is 7.81. The van der Waals surface area contributed by atoms with Gasteiger partial charge in [-0.1, -0.05) is 12.1 Å². The molecule has 0 radical (unpaired) electrons. The quantitative estimate of drug-likeness (QED) is 0.617. The van der Waals surface area contributed by atoms with Crippen LogP contribution in [-0.2, 0) is 16.2 Å². The van der Waals surface area contributed by atoms with Crippen LogP contribution >= 0.6 is 24.0 Å². The predicted molar refractivity (Wildman–Crippen MR) is 98.6 cm³/mol. The van der Waals surface area contributed by atoms with Crippen LogP contribution in [0, 0.1) is 18.6 Å². The van der Waals surface area contributed by atoms with Gasteiger partial charge in [0.05, 0.1) is 19.3 Å². The molecule has 25 heavy (non-hydrogen) atoms. The number of esters is 1. The van der Waals surface area contributed by atoms with Crippen molar-refractivity contribution in [2.24, 2.45) is 0 Å². The van der Waals surface area contributed by atoms with Gasteiger partial charge in [0.15, 0.2) is 11.9 Å². The van der Waals surface area contributed by atoms with Crippen LogP contribution in [0.5, 0.6) is 0 Å². The van der Waals surface area contributed by atoms with Crippen LogP contribution in [-0.4, -0.2) is 57.0 Å². The van der Waals surface area contributed by atoms with E-state index in [1.165, 1.54) is 17.6 Å². The van der Waals surface area contributed by atoms with Gasteiger partial charge in [-0.05, 0) is 53.7 Å². The summed E-state index contributed by atoms with van der Waals surface area (Å²) in [5, 5.41) is 8.34. The summed E-state index contributed by atoms with van der Waals surface area (Å²) >= 11 is 7.22. The second-order valence-electron chi connectivity index (χ2n) is 6.14. The van der Waals surface area contributed by atoms with Crippen molar-refractivity contribution in [1.29, 1.82) is 0 Å². The zero-order valence-electron chi connectivity index (χ0n) is 14.6. The third-order valence-corrected chi connectivity index (χ3v) is 6.11. The van der Waals surface area contributed by atoms with Crippen molar-refractivity contribution in [2.75, 3.05) is 26.0 Å². The van der Waals surface area contributed by atoms with Crippen molar-refractivity contribution in [3.8, 4) is 5.69 Å². The molecule has 2 aromatic rings. The molecular formula is C16H22N5O2S2+. The highest BCUT2D eigenvalue weighted by Gasteiger charge is 2.30. The summed E-state index contributed by atoms with van der Waals surface area (Å²) in [5.74, 6) is 0.748. The van der Waals surface area contributed by atoms with Crippen molar-refractivity contribution in [3.05, 3.63) is 34.1 Å². The molecule has 2 atom stereocenters. The van der Waals surface area contributed by atoms with Crippen molar-refractivity contribution >= 4 is 29.9 Å². The Morgan fingerprint density at radius 3 is 3.00 bits per heavy atom. The molecule has 1 N–H and O–H groups in total. The van der Waals surface area contributed by atoms with E-state index < -0.39 is 0 Å². The number of rotatable bonds is 4. The van der Waals surface area contributed by atoms with Crippen LogP contribution in [0.1, 0.15) is 11.1 Å². The molecule has 1 unspecified atom stereocenters. The Morgan fingerprint density at radius 1 is 1.44 bits per heavy atom. The Hall–Kier alpha value is -1.71. The van der Waals surface area contributed by atoms with Crippen LogP contribution in [0.15, 0.2) is 18.2 Å². The lowest BCUT2D eigenvalue weighted by Gasteiger charge is -2.27. The van der Waals surface area contributed by atoms with Crippen molar-refractivity contribution in [3.63, 3.8) is 0 Å². The standard InChI is InChI=1S/C16H21N5O2S2/c1-11-5-4-6-13(12(11)2)21-16(24)20(17-18-21)10-19-7-8-25-14(9-19)15(22)23-3/h4-6,14H,7-10H2,1-3H3/p+1/t14-/m0/s1. The number of carbonyl (C=O) groups is 1. The first-order valence-corrected chi connectivity index (χ1v) is 9.59. The lowest BCUT2D eigenvalue weighted by molar-refractivity contribution is -0.921. The number of ether oxygens (including phenoxy) is 1. The van der Waals surface area contributed by atoms with E-state index in [-0.39, 0.29) is 11.2 Å². The van der Waals surface area contributed by atoms with E-state index in [1.54, 1.807) is 21.1 Å². The highest BCUT2D eigenvalue weighted by atomic mass is 32.2. The number of nitrogens with zero attached hydrogens (tertiary/aromatic N) is 4. The Bertz CT molecular complexity index is 832. The van der Waals surface area contributed by atoms with Gasteiger partial charge in [-0.25, -0.2) is 0 Å². The molecule has 1 aromatic carbocycles. The molecular weight excluding hydrogens is 358 g/mol. The van der Waals surface area contributed by atoms with Crippen LogP contribution in [0.2, 0.25) is 0 Å². The molecule has 3 rings (SSSR count). The number of methoxy groups -OCH3 is 1. The third-order valence-electron chi connectivity index (χ3n) is 4.53. The molecule has 7 nitrogen and oxygen atoms in total. The van der Waals surface area contributed by atoms with Gasteiger partial charge < -0.3 is 9.64 Å². The van der Waals surface area contributed by atoms with Gasteiger partial charge in [0, 0.05) is 5.75 Å². The largest absolute Gasteiger partial charge is 0.468 e. The van der Waals surface area contributed by atoms with Crippen molar-refractivity contribution in [2.45, 2.75) is 25.8 Å². The highest BCUT2D eigenvalue weighted by molar-refractivity contribution is 8.00. The number of aryl methyl sites for hydroxylation is 1. The van der Waals surface area contributed by atoms with Gasteiger partial charge in [0.25, 0.3) is 0 Å². The number of carbonyl (C=O) groups excluding carboxylic acids is 1. The number of nitrogens with one attached hydrogen (secondary N) is 1. The Morgan fingerprint density at radius 2 is 2.24 bits per heavy atom. The summed E-state index contributed by atoms with van der Waals surface area (Å²) in [5.41, 5.74) is 3.28. The highest BCUT2D eigenvalue weighted by Crippen LogP contribution is 2.16. The average molecular weight is 381 g/mol. The number of hydrogen-bond acceptors (Lipinski definition) is 6. The number of benzene rings is 1. The molecule has 2 heterocycles.